The second kappa shape index (κ2) is 7.21. The molecule has 24 heavy (non-hydrogen) atoms. The number of halogens is 2. The molecule has 4 nitrogen and oxygen atoms in total. The zero-order valence-electron chi connectivity index (χ0n) is 12.6. The molecule has 3 aromatic rings. The van der Waals surface area contributed by atoms with Crippen LogP contribution in [-0.2, 0) is 4.79 Å². The lowest BCUT2D eigenvalue weighted by molar-refractivity contribution is -0.114. The van der Waals surface area contributed by atoms with Gasteiger partial charge in [0.25, 0.3) is 0 Å². The van der Waals surface area contributed by atoms with Crippen LogP contribution < -0.4 is 10.6 Å². The van der Waals surface area contributed by atoms with E-state index in [1.807, 2.05) is 35.7 Å². The second-order valence-electron chi connectivity index (χ2n) is 5.05. The highest BCUT2D eigenvalue weighted by atomic mass is 35.5. The standard InChI is InChI=1S/C17H13Cl2N3OS/c1-10(23)20-12-4-2-3-11(7-12)16-9-24-17(22-16)21-13-5-6-14(18)15(19)8-13/h2-9H,1H3,(H,20,23)(H,21,22). The van der Waals surface area contributed by atoms with Crippen molar-refractivity contribution in [3.63, 3.8) is 0 Å². The predicted octanol–water partition coefficient (Wildman–Crippen LogP) is 5.82. The number of aromatic nitrogens is 1. The first-order chi connectivity index (χ1) is 11.5. The first-order valence-electron chi connectivity index (χ1n) is 7.07. The molecule has 7 heteroatoms. The number of rotatable bonds is 4. The highest BCUT2D eigenvalue weighted by Crippen LogP contribution is 2.31. The van der Waals surface area contributed by atoms with Gasteiger partial charge in [0.15, 0.2) is 5.13 Å². The fraction of sp³-hybridized carbons (Fsp3) is 0.0588. The maximum Gasteiger partial charge on any atom is 0.221 e. The van der Waals surface area contributed by atoms with E-state index in [4.69, 9.17) is 23.2 Å². The summed E-state index contributed by atoms with van der Waals surface area (Å²) in [5.41, 5.74) is 3.32. The van der Waals surface area contributed by atoms with Gasteiger partial charge in [0.05, 0.1) is 15.7 Å². The molecule has 1 amide bonds. The minimum atomic E-state index is -0.104. The Balaban J connectivity index is 1.80. The average Bonchev–Trinajstić information content (AvgIpc) is 2.99. The number of thiazole rings is 1. The van der Waals surface area contributed by atoms with E-state index in [0.29, 0.717) is 10.0 Å². The third kappa shape index (κ3) is 4.06. The Morgan fingerprint density at radius 3 is 2.67 bits per heavy atom. The second-order valence-corrected chi connectivity index (χ2v) is 6.73. The number of hydrogen-bond donors (Lipinski definition) is 2. The van der Waals surface area contributed by atoms with Crippen LogP contribution in [0.25, 0.3) is 11.3 Å². The van der Waals surface area contributed by atoms with Crippen molar-refractivity contribution in [2.45, 2.75) is 6.92 Å². The lowest BCUT2D eigenvalue weighted by Gasteiger charge is -2.05. The average molecular weight is 378 g/mol. The van der Waals surface area contributed by atoms with Crippen LogP contribution in [0.4, 0.5) is 16.5 Å². The Hall–Kier alpha value is -2.08. The van der Waals surface area contributed by atoms with Gasteiger partial charge in [0, 0.05) is 29.2 Å². The molecule has 1 heterocycles. The summed E-state index contributed by atoms with van der Waals surface area (Å²) in [4.78, 5) is 15.7. The number of anilines is 3. The Bertz CT molecular complexity index is 895. The highest BCUT2D eigenvalue weighted by molar-refractivity contribution is 7.14. The van der Waals surface area contributed by atoms with Crippen molar-refractivity contribution >= 4 is 57.0 Å². The Labute approximate surface area is 153 Å². The lowest BCUT2D eigenvalue weighted by atomic mass is 10.1. The number of nitrogens with one attached hydrogen (secondary N) is 2. The SMILES string of the molecule is CC(=O)Nc1cccc(-c2csc(Nc3ccc(Cl)c(Cl)c3)n2)c1. The summed E-state index contributed by atoms with van der Waals surface area (Å²) in [7, 11) is 0. The summed E-state index contributed by atoms with van der Waals surface area (Å²) in [6.45, 7) is 1.48. The molecule has 2 aromatic carbocycles. The molecule has 122 valence electrons. The van der Waals surface area contributed by atoms with Gasteiger partial charge in [-0.15, -0.1) is 11.3 Å². The van der Waals surface area contributed by atoms with Crippen molar-refractivity contribution in [3.05, 3.63) is 57.9 Å². The molecular formula is C17H13Cl2N3OS. The first-order valence-corrected chi connectivity index (χ1v) is 8.70. The first kappa shape index (κ1) is 16.8. The molecule has 1 aromatic heterocycles. The van der Waals surface area contributed by atoms with Gasteiger partial charge in [0.2, 0.25) is 5.91 Å². The Morgan fingerprint density at radius 2 is 1.92 bits per heavy atom. The smallest absolute Gasteiger partial charge is 0.221 e. The number of carbonyl (C=O) groups is 1. The number of carbonyl (C=O) groups excluding carboxylic acids is 1. The van der Waals surface area contributed by atoms with E-state index in [2.05, 4.69) is 15.6 Å². The molecule has 0 aliphatic heterocycles. The zero-order chi connectivity index (χ0) is 17.1. The molecule has 0 aliphatic carbocycles. The van der Waals surface area contributed by atoms with E-state index in [0.717, 1.165) is 27.8 Å². The van der Waals surface area contributed by atoms with E-state index < -0.39 is 0 Å². The normalized spacial score (nSPS) is 10.5. The highest BCUT2D eigenvalue weighted by Gasteiger charge is 2.07. The molecule has 0 radical (unpaired) electrons. The van der Waals surface area contributed by atoms with Crippen LogP contribution in [-0.4, -0.2) is 10.9 Å². The van der Waals surface area contributed by atoms with Gasteiger partial charge < -0.3 is 10.6 Å². The van der Waals surface area contributed by atoms with Crippen molar-refractivity contribution in [2.24, 2.45) is 0 Å². The van der Waals surface area contributed by atoms with E-state index in [-0.39, 0.29) is 5.91 Å². The van der Waals surface area contributed by atoms with Gasteiger partial charge in [0.1, 0.15) is 0 Å². The quantitative estimate of drug-likeness (QED) is 0.602. The molecule has 0 unspecified atom stereocenters. The molecule has 0 bridgehead atoms. The molecule has 2 N–H and O–H groups in total. The van der Waals surface area contributed by atoms with Crippen molar-refractivity contribution in [3.8, 4) is 11.3 Å². The molecule has 0 aliphatic rings. The van der Waals surface area contributed by atoms with E-state index in [9.17, 15) is 4.79 Å². The lowest BCUT2D eigenvalue weighted by Crippen LogP contribution is -2.05. The molecule has 0 atom stereocenters. The topological polar surface area (TPSA) is 54.0 Å². The summed E-state index contributed by atoms with van der Waals surface area (Å²) < 4.78 is 0. The fourth-order valence-electron chi connectivity index (χ4n) is 2.12. The maximum atomic E-state index is 11.2. The van der Waals surface area contributed by atoms with Gasteiger partial charge >= 0.3 is 0 Å². The predicted molar refractivity (Wildman–Crippen MR) is 102 cm³/mol. The third-order valence-corrected chi connectivity index (χ3v) is 4.65. The number of amides is 1. The minimum absolute atomic E-state index is 0.104. The largest absolute Gasteiger partial charge is 0.331 e. The Morgan fingerprint density at radius 1 is 1.08 bits per heavy atom. The van der Waals surface area contributed by atoms with Crippen molar-refractivity contribution in [1.82, 2.24) is 4.98 Å². The van der Waals surface area contributed by atoms with E-state index >= 15 is 0 Å². The summed E-state index contributed by atoms with van der Waals surface area (Å²) in [5, 5.41) is 9.66. The third-order valence-electron chi connectivity index (χ3n) is 3.15. The van der Waals surface area contributed by atoms with Crippen molar-refractivity contribution in [2.75, 3.05) is 10.6 Å². The van der Waals surface area contributed by atoms with E-state index in [1.54, 1.807) is 12.1 Å². The van der Waals surface area contributed by atoms with Gasteiger partial charge in [-0.2, -0.15) is 0 Å². The molecule has 0 saturated carbocycles. The van der Waals surface area contributed by atoms with Crippen molar-refractivity contribution in [1.29, 1.82) is 0 Å². The Kier molecular flexibility index (Phi) is 5.04. The molecule has 0 fully saturated rings. The minimum Gasteiger partial charge on any atom is -0.331 e. The molecule has 0 saturated heterocycles. The van der Waals surface area contributed by atoms with E-state index in [1.165, 1.54) is 18.3 Å². The summed E-state index contributed by atoms with van der Waals surface area (Å²) >= 11 is 13.4. The summed E-state index contributed by atoms with van der Waals surface area (Å²) in [6.07, 6.45) is 0. The monoisotopic (exact) mass is 377 g/mol. The number of hydrogen-bond acceptors (Lipinski definition) is 4. The van der Waals surface area contributed by atoms with Crippen LogP contribution >= 0.6 is 34.5 Å². The van der Waals surface area contributed by atoms with Crippen LogP contribution in [0.5, 0.6) is 0 Å². The molecule has 3 rings (SSSR count). The van der Waals surface area contributed by atoms with Gasteiger partial charge in [-0.1, -0.05) is 35.3 Å². The van der Waals surface area contributed by atoms with Crippen molar-refractivity contribution < 1.29 is 4.79 Å². The van der Waals surface area contributed by atoms with Crippen LogP contribution in [0, 0.1) is 0 Å². The fourth-order valence-corrected chi connectivity index (χ4v) is 3.16. The molecule has 0 spiro atoms. The van der Waals surface area contributed by atoms with Crippen LogP contribution in [0.1, 0.15) is 6.92 Å². The molecular weight excluding hydrogens is 365 g/mol. The van der Waals surface area contributed by atoms with Gasteiger partial charge in [-0.05, 0) is 30.3 Å². The maximum absolute atomic E-state index is 11.2. The summed E-state index contributed by atoms with van der Waals surface area (Å²) in [5.74, 6) is -0.104. The van der Waals surface area contributed by atoms with Gasteiger partial charge in [-0.3, -0.25) is 4.79 Å². The van der Waals surface area contributed by atoms with Crippen LogP contribution in [0.3, 0.4) is 0 Å². The van der Waals surface area contributed by atoms with Gasteiger partial charge in [-0.25, -0.2) is 4.98 Å². The number of benzene rings is 2. The number of nitrogens with zero attached hydrogens (tertiary/aromatic N) is 1. The summed E-state index contributed by atoms with van der Waals surface area (Å²) in [6, 6.07) is 12.9. The van der Waals surface area contributed by atoms with Crippen LogP contribution in [0.15, 0.2) is 47.8 Å². The van der Waals surface area contributed by atoms with Crippen LogP contribution in [0.2, 0.25) is 10.0 Å². The zero-order valence-corrected chi connectivity index (χ0v) is 15.0.